The van der Waals surface area contributed by atoms with Gasteiger partial charge in [0.25, 0.3) is 0 Å². The molecule has 0 saturated heterocycles. The molecule has 3 aromatic heterocycles. The molecule has 3 heterocycles. The molecule has 0 amide bonds. The first-order valence-electron chi connectivity index (χ1n) is 8.48. The second-order valence-electron chi connectivity index (χ2n) is 6.23. The van der Waals surface area contributed by atoms with E-state index in [0.717, 1.165) is 28.0 Å². The van der Waals surface area contributed by atoms with Crippen LogP contribution in [0.3, 0.4) is 0 Å². The van der Waals surface area contributed by atoms with E-state index in [2.05, 4.69) is 26.3 Å². The van der Waals surface area contributed by atoms with Crippen molar-refractivity contribution in [1.29, 1.82) is 0 Å². The van der Waals surface area contributed by atoms with Crippen LogP contribution in [0.5, 0.6) is 5.88 Å². The van der Waals surface area contributed by atoms with Crippen LogP contribution in [0.15, 0.2) is 40.4 Å². The Bertz CT molecular complexity index is 1090. The topological polar surface area (TPSA) is 91.2 Å². The van der Waals surface area contributed by atoms with E-state index in [1.165, 1.54) is 35.9 Å². The van der Waals surface area contributed by atoms with E-state index in [0.29, 0.717) is 21.8 Å². The lowest BCUT2D eigenvalue weighted by Crippen LogP contribution is -2.12. The van der Waals surface area contributed by atoms with Gasteiger partial charge in [0.2, 0.25) is 11.0 Å². The summed E-state index contributed by atoms with van der Waals surface area (Å²) in [5, 5.41) is 14.3. The maximum atomic E-state index is 6.00. The molecule has 1 aliphatic rings. The Morgan fingerprint density at radius 1 is 1.15 bits per heavy atom. The van der Waals surface area contributed by atoms with Gasteiger partial charge in [-0.15, -0.1) is 15.3 Å². The maximum Gasteiger partial charge on any atom is 0.232 e. The van der Waals surface area contributed by atoms with Gasteiger partial charge in [0.15, 0.2) is 10.8 Å². The number of hydrogen-bond acceptors (Lipinski definition) is 8. The monoisotopic (exact) mass is 384 g/mol. The molecule has 0 atom stereocenters. The molecule has 0 unspecified atom stereocenters. The molecule has 1 aromatic carbocycles. The molecule has 1 aliphatic carbocycles. The highest BCUT2D eigenvalue weighted by Crippen LogP contribution is 2.32. The summed E-state index contributed by atoms with van der Waals surface area (Å²) in [4.78, 5) is 5.33. The van der Waals surface area contributed by atoms with Crippen molar-refractivity contribution in [2.24, 2.45) is 0 Å². The number of benzene rings is 1. The zero-order valence-corrected chi connectivity index (χ0v) is 15.5. The highest BCUT2D eigenvalue weighted by Gasteiger charge is 2.18. The Hall–Kier alpha value is -2.39. The lowest BCUT2D eigenvalue weighted by molar-refractivity contribution is 0.198. The largest absolute Gasteiger partial charge is 0.473 e. The smallest absolute Gasteiger partial charge is 0.232 e. The molecule has 1 fully saturated rings. The Kier molecular flexibility index (Phi) is 3.90. The minimum atomic E-state index is 0.270. The van der Waals surface area contributed by atoms with Gasteiger partial charge in [0.05, 0.1) is 10.2 Å². The van der Waals surface area contributed by atoms with Crippen molar-refractivity contribution in [3.8, 4) is 5.88 Å². The Morgan fingerprint density at radius 3 is 2.92 bits per heavy atom. The summed E-state index contributed by atoms with van der Waals surface area (Å²) in [6, 6.07) is 9.79. The van der Waals surface area contributed by atoms with Gasteiger partial charge < -0.3 is 10.5 Å². The highest BCUT2D eigenvalue weighted by atomic mass is 32.2. The van der Waals surface area contributed by atoms with Gasteiger partial charge in [-0.1, -0.05) is 11.3 Å². The molecular formula is C17H16N6OS2. The third-order valence-electron chi connectivity index (χ3n) is 4.38. The summed E-state index contributed by atoms with van der Waals surface area (Å²) < 4.78 is 8.79. The first kappa shape index (κ1) is 15.8. The second-order valence-corrected chi connectivity index (χ2v) is 8.34. The summed E-state index contributed by atoms with van der Waals surface area (Å²) in [6.45, 7) is 0. The fourth-order valence-corrected chi connectivity index (χ4v) is 4.82. The number of aromatic nitrogens is 5. The molecule has 4 aromatic rings. The van der Waals surface area contributed by atoms with Crippen molar-refractivity contribution in [2.45, 2.75) is 41.8 Å². The summed E-state index contributed by atoms with van der Waals surface area (Å²) in [5.41, 5.74) is 7.40. The Balaban J connectivity index is 1.45. The molecule has 0 spiro atoms. The van der Waals surface area contributed by atoms with E-state index in [1.54, 1.807) is 4.52 Å². The third-order valence-corrected chi connectivity index (χ3v) is 6.16. The van der Waals surface area contributed by atoms with Crippen LogP contribution in [0.2, 0.25) is 0 Å². The van der Waals surface area contributed by atoms with E-state index in [1.807, 2.05) is 24.3 Å². The minimum Gasteiger partial charge on any atom is -0.473 e. The van der Waals surface area contributed by atoms with Crippen molar-refractivity contribution in [2.75, 3.05) is 5.73 Å². The zero-order valence-electron chi connectivity index (χ0n) is 13.8. The van der Waals surface area contributed by atoms with Crippen LogP contribution in [0.1, 0.15) is 25.7 Å². The quantitative estimate of drug-likeness (QED) is 0.572. The number of thiazole rings is 1. The molecule has 9 heteroatoms. The van der Waals surface area contributed by atoms with Crippen molar-refractivity contribution in [1.82, 2.24) is 24.8 Å². The normalized spacial score (nSPS) is 15.2. The second kappa shape index (κ2) is 6.40. The number of anilines is 1. The van der Waals surface area contributed by atoms with Crippen LogP contribution in [0, 0.1) is 0 Å². The SMILES string of the molecule is Nc1nc2ccc(Sc3nnc4ccc(OC5CCCC5)nn34)cc2s1. The number of nitrogens with zero attached hydrogens (tertiary/aromatic N) is 5. The van der Waals surface area contributed by atoms with Crippen molar-refractivity contribution in [3.63, 3.8) is 0 Å². The molecule has 0 aliphatic heterocycles. The molecule has 7 nitrogen and oxygen atoms in total. The number of nitrogens with two attached hydrogens (primary N) is 1. The van der Waals surface area contributed by atoms with Crippen molar-refractivity contribution >= 4 is 44.1 Å². The van der Waals surface area contributed by atoms with E-state index >= 15 is 0 Å². The van der Waals surface area contributed by atoms with Gasteiger partial charge in [-0.3, -0.25) is 0 Å². The summed E-state index contributed by atoms with van der Waals surface area (Å²) in [6.07, 6.45) is 4.92. The standard InChI is InChI=1S/C17H16N6OS2/c18-16-19-12-6-5-11(9-13(12)26-16)25-17-21-20-14-7-8-15(22-23(14)17)24-10-3-1-2-4-10/h5-10H,1-4H2,(H2,18,19). The molecule has 0 radical (unpaired) electrons. The van der Waals surface area contributed by atoms with Gasteiger partial charge in [0, 0.05) is 11.0 Å². The lowest BCUT2D eigenvalue weighted by atomic mass is 10.3. The molecule has 1 saturated carbocycles. The summed E-state index contributed by atoms with van der Waals surface area (Å²) >= 11 is 2.99. The summed E-state index contributed by atoms with van der Waals surface area (Å²) in [7, 11) is 0. The number of nitrogen functional groups attached to an aromatic ring is 1. The van der Waals surface area contributed by atoms with E-state index < -0.39 is 0 Å². The van der Waals surface area contributed by atoms with Crippen LogP contribution in [0.4, 0.5) is 5.13 Å². The predicted molar refractivity (Wildman–Crippen MR) is 102 cm³/mol. The van der Waals surface area contributed by atoms with Gasteiger partial charge in [-0.2, -0.15) is 4.52 Å². The van der Waals surface area contributed by atoms with Crippen LogP contribution < -0.4 is 10.5 Å². The minimum absolute atomic E-state index is 0.270. The van der Waals surface area contributed by atoms with Gasteiger partial charge in [-0.25, -0.2) is 4.98 Å². The van der Waals surface area contributed by atoms with E-state index in [-0.39, 0.29) is 6.10 Å². The van der Waals surface area contributed by atoms with Crippen LogP contribution in [0.25, 0.3) is 15.9 Å². The average molecular weight is 384 g/mol. The van der Waals surface area contributed by atoms with Crippen LogP contribution >= 0.6 is 23.1 Å². The Labute approximate surface area is 157 Å². The fourth-order valence-electron chi connectivity index (χ4n) is 3.15. The van der Waals surface area contributed by atoms with Gasteiger partial charge in [-0.05, 0) is 61.7 Å². The van der Waals surface area contributed by atoms with Crippen molar-refractivity contribution in [3.05, 3.63) is 30.3 Å². The molecular weight excluding hydrogens is 368 g/mol. The van der Waals surface area contributed by atoms with Crippen molar-refractivity contribution < 1.29 is 4.74 Å². The van der Waals surface area contributed by atoms with E-state index in [4.69, 9.17) is 10.5 Å². The maximum absolute atomic E-state index is 6.00. The summed E-state index contributed by atoms with van der Waals surface area (Å²) in [5.74, 6) is 0.622. The first-order chi connectivity index (χ1) is 12.7. The third kappa shape index (κ3) is 2.97. The molecule has 0 bridgehead atoms. The van der Waals surface area contributed by atoms with Crippen LogP contribution in [-0.2, 0) is 0 Å². The van der Waals surface area contributed by atoms with E-state index in [9.17, 15) is 0 Å². The molecule has 132 valence electrons. The Morgan fingerprint density at radius 2 is 2.04 bits per heavy atom. The predicted octanol–water partition coefficient (Wildman–Crippen LogP) is 3.79. The number of rotatable bonds is 4. The number of fused-ring (bicyclic) bond motifs is 2. The van der Waals surface area contributed by atoms with Gasteiger partial charge >= 0.3 is 0 Å². The highest BCUT2D eigenvalue weighted by molar-refractivity contribution is 7.99. The first-order valence-corrected chi connectivity index (χ1v) is 10.1. The zero-order chi connectivity index (χ0) is 17.5. The number of ether oxygens (including phenoxy) is 1. The molecule has 2 N–H and O–H groups in total. The fraction of sp³-hybridized carbons (Fsp3) is 0.294. The number of hydrogen-bond donors (Lipinski definition) is 1. The molecule has 5 rings (SSSR count). The average Bonchev–Trinajstić information content (AvgIpc) is 3.35. The van der Waals surface area contributed by atoms with Crippen LogP contribution in [-0.4, -0.2) is 30.9 Å². The molecule has 26 heavy (non-hydrogen) atoms. The lowest BCUT2D eigenvalue weighted by Gasteiger charge is -2.11. The van der Waals surface area contributed by atoms with Gasteiger partial charge in [0.1, 0.15) is 6.10 Å².